The summed E-state index contributed by atoms with van der Waals surface area (Å²) in [5, 5.41) is 9.74. The number of carbonyl (C=O) groups excluding carboxylic acids is 3. The summed E-state index contributed by atoms with van der Waals surface area (Å²) >= 11 is 0. The van der Waals surface area contributed by atoms with Gasteiger partial charge in [0.05, 0.1) is 6.61 Å². The van der Waals surface area contributed by atoms with Gasteiger partial charge in [-0.1, -0.05) is 0 Å². The molecule has 0 unspecified atom stereocenters. The Kier molecular flexibility index (Phi) is 8.20. The highest BCUT2D eigenvalue weighted by atomic mass is 16.5. The van der Waals surface area contributed by atoms with Crippen molar-refractivity contribution in [1.29, 1.82) is 0 Å². The highest BCUT2D eigenvalue weighted by molar-refractivity contribution is 6.00. The lowest BCUT2D eigenvalue weighted by Gasteiger charge is -2.44. The molecule has 0 aromatic heterocycles. The Morgan fingerprint density at radius 1 is 1.00 bits per heavy atom. The minimum atomic E-state index is -0.787. The van der Waals surface area contributed by atoms with Crippen LogP contribution in [-0.4, -0.2) is 97.7 Å². The van der Waals surface area contributed by atoms with Crippen LogP contribution in [0.5, 0.6) is 0 Å². The third kappa shape index (κ3) is 5.43. The number of carbonyl (C=O) groups is 2. The van der Waals surface area contributed by atoms with Crippen LogP contribution >= 0.6 is 0 Å². The molecule has 9 heteroatoms. The molecule has 162 valence electrons. The Morgan fingerprint density at radius 2 is 1.59 bits per heavy atom. The van der Waals surface area contributed by atoms with Crippen LogP contribution in [0.4, 0.5) is 0 Å². The highest BCUT2D eigenvalue weighted by Crippen LogP contribution is 2.22. The van der Waals surface area contributed by atoms with Gasteiger partial charge in [-0.25, -0.2) is 19.6 Å². The molecule has 0 aliphatic carbocycles. The normalized spacial score (nSPS) is 22.7. The molecule has 2 N–H and O–H groups in total. The van der Waals surface area contributed by atoms with E-state index in [1.807, 2.05) is 5.01 Å². The summed E-state index contributed by atoms with van der Waals surface area (Å²) in [7, 11) is 0. The molecule has 0 aromatic carbocycles. The van der Waals surface area contributed by atoms with Crippen LogP contribution in [0.1, 0.15) is 32.6 Å². The van der Waals surface area contributed by atoms with E-state index in [4.69, 9.17) is 4.74 Å². The van der Waals surface area contributed by atoms with E-state index in [1.165, 1.54) is 5.01 Å². The molecule has 3 aliphatic heterocycles. The first kappa shape index (κ1) is 21.9. The summed E-state index contributed by atoms with van der Waals surface area (Å²) in [6, 6.07) is 0.554. The number of hydrogen-bond acceptors (Lipinski definition) is 8. The van der Waals surface area contributed by atoms with Crippen LogP contribution < -0.4 is 10.6 Å². The molecule has 3 aliphatic rings. The van der Waals surface area contributed by atoms with Gasteiger partial charge in [-0.15, -0.1) is 0 Å². The summed E-state index contributed by atoms with van der Waals surface area (Å²) in [4.78, 5) is 39.9. The molecule has 29 heavy (non-hydrogen) atoms. The van der Waals surface area contributed by atoms with Crippen molar-refractivity contribution in [3.8, 4) is 0 Å². The van der Waals surface area contributed by atoms with E-state index in [-0.39, 0.29) is 24.1 Å². The summed E-state index contributed by atoms with van der Waals surface area (Å²) in [6.07, 6.45) is 3.64. The Balaban J connectivity index is 1.73. The Morgan fingerprint density at radius 3 is 2.14 bits per heavy atom. The van der Waals surface area contributed by atoms with Gasteiger partial charge in [0.25, 0.3) is 0 Å². The number of amides is 1. The Bertz CT molecular complexity index is 616. The van der Waals surface area contributed by atoms with Crippen LogP contribution in [0, 0.1) is 5.92 Å². The minimum Gasteiger partial charge on any atom is -0.461 e. The average Bonchev–Trinajstić information content (AvgIpc) is 2.78. The largest absolute Gasteiger partial charge is 0.461 e. The first-order valence-electron chi connectivity index (χ1n) is 10.8. The standard InChI is InChI=1S/C20H33N5O4/c1-2-29-20(28)18(15-26)25(19(27)16-3-7-21-8-4-16)24-13-11-23(12-14-24)17-5-9-22-10-6-17/h16-17,21-22H,2-14H2,1H3. The molecule has 0 bridgehead atoms. The number of nitrogens with one attached hydrogen (secondary N) is 2. The quantitative estimate of drug-likeness (QED) is 0.342. The topological polar surface area (TPSA) is 94.2 Å². The molecular formula is C20H33N5O4. The zero-order valence-electron chi connectivity index (χ0n) is 17.3. The summed E-state index contributed by atoms with van der Waals surface area (Å²) in [5.74, 6) is 0.498. The van der Waals surface area contributed by atoms with Crippen molar-refractivity contribution in [2.45, 2.75) is 38.6 Å². The molecule has 3 heterocycles. The third-order valence-corrected chi connectivity index (χ3v) is 6.07. The van der Waals surface area contributed by atoms with Crippen molar-refractivity contribution >= 4 is 17.8 Å². The molecular weight excluding hydrogens is 374 g/mol. The summed E-state index contributed by atoms with van der Waals surface area (Å²) in [6.45, 7) is 8.18. The van der Waals surface area contributed by atoms with Crippen LogP contribution in [0.2, 0.25) is 0 Å². The number of piperidine rings is 2. The number of ether oxygens (including phenoxy) is 1. The van der Waals surface area contributed by atoms with Gasteiger partial charge in [-0.2, -0.15) is 0 Å². The predicted molar refractivity (Wildman–Crippen MR) is 107 cm³/mol. The molecule has 3 fully saturated rings. The molecule has 9 nitrogen and oxygen atoms in total. The van der Waals surface area contributed by atoms with Gasteiger partial charge >= 0.3 is 5.97 Å². The molecule has 0 aromatic rings. The van der Waals surface area contributed by atoms with Gasteiger partial charge < -0.3 is 15.4 Å². The van der Waals surface area contributed by atoms with E-state index in [2.05, 4.69) is 15.5 Å². The van der Waals surface area contributed by atoms with E-state index in [1.54, 1.807) is 12.9 Å². The van der Waals surface area contributed by atoms with Gasteiger partial charge in [-0.05, 0) is 58.8 Å². The monoisotopic (exact) mass is 407 g/mol. The fourth-order valence-corrected chi connectivity index (χ4v) is 4.45. The molecule has 1 amide bonds. The Hall–Kier alpha value is -1.77. The minimum absolute atomic E-state index is 0.142. The lowest BCUT2D eigenvalue weighted by Crippen LogP contribution is -2.59. The SMILES string of the molecule is CCOC(=O)C(=C=O)N(C(=O)C1CCNCC1)N1CCN(C2CCNCC2)CC1. The number of esters is 1. The maximum Gasteiger partial charge on any atom is 0.368 e. The van der Waals surface area contributed by atoms with Gasteiger partial charge in [0.1, 0.15) is 0 Å². The van der Waals surface area contributed by atoms with E-state index in [9.17, 15) is 14.4 Å². The molecule has 0 saturated carbocycles. The number of piperazine rings is 1. The number of hydrogen-bond donors (Lipinski definition) is 2. The number of rotatable bonds is 6. The van der Waals surface area contributed by atoms with Crippen molar-refractivity contribution in [2.75, 3.05) is 59.0 Å². The predicted octanol–water partition coefficient (Wildman–Crippen LogP) is -0.622. The second-order valence-electron chi connectivity index (χ2n) is 7.82. The lowest BCUT2D eigenvalue weighted by atomic mass is 9.97. The van der Waals surface area contributed by atoms with E-state index >= 15 is 0 Å². The first-order chi connectivity index (χ1) is 14.2. The van der Waals surface area contributed by atoms with Crippen molar-refractivity contribution in [3.05, 3.63) is 5.70 Å². The van der Waals surface area contributed by atoms with Crippen molar-refractivity contribution < 1.29 is 19.1 Å². The van der Waals surface area contributed by atoms with Gasteiger partial charge in [0.15, 0.2) is 5.94 Å². The average molecular weight is 408 g/mol. The zero-order valence-corrected chi connectivity index (χ0v) is 17.3. The second kappa shape index (κ2) is 10.8. The lowest BCUT2D eigenvalue weighted by molar-refractivity contribution is -0.160. The van der Waals surface area contributed by atoms with Crippen molar-refractivity contribution in [1.82, 2.24) is 25.6 Å². The van der Waals surface area contributed by atoms with Gasteiger partial charge in [0.2, 0.25) is 11.6 Å². The maximum absolute atomic E-state index is 13.3. The smallest absolute Gasteiger partial charge is 0.368 e. The number of nitrogens with zero attached hydrogens (tertiary/aromatic N) is 3. The third-order valence-electron chi connectivity index (χ3n) is 6.07. The maximum atomic E-state index is 13.3. The fraction of sp³-hybridized carbons (Fsp3) is 0.800. The van der Waals surface area contributed by atoms with E-state index < -0.39 is 5.97 Å². The molecule has 0 radical (unpaired) electrons. The first-order valence-corrected chi connectivity index (χ1v) is 10.8. The molecule has 0 atom stereocenters. The molecule has 0 spiro atoms. The molecule has 3 saturated heterocycles. The highest BCUT2D eigenvalue weighted by Gasteiger charge is 2.38. The number of hydrazine groups is 1. The van der Waals surface area contributed by atoms with Crippen molar-refractivity contribution in [2.24, 2.45) is 5.92 Å². The summed E-state index contributed by atoms with van der Waals surface area (Å²) < 4.78 is 5.03. The van der Waals surface area contributed by atoms with E-state index in [0.717, 1.165) is 52.1 Å². The van der Waals surface area contributed by atoms with Gasteiger partial charge in [-0.3, -0.25) is 9.69 Å². The summed E-state index contributed by atoms with van der Waals surface area (Å²) in [5.41, 5.74) is -0.328. The van der Waals surface area contributed by atoms with Gasteiger partial charge in [0, 0.05) is 38.1 Å². The second-order valence-corrected chi connectivity index (χ2v) is 7.82. The van der Waals surface area contributed by atoms with Crippen LogP contribution in [0.25, 0.3) is 0 Å². The van der Waals surface area contributed by atoms with Crippen molar-refractivity contribution in [3.63, 3.8) is 0 Å². The zero-order chi connectivity index (χ0) is 20.6. The van der Waals surface area contributed by atoms with Crippen LogP contribution in [-0.2, 0) is 19.1 Å². The van der Waals surface area contributed by atoms with E-state index in [0.29, 0.717) is 32.0 Å². The fourth-order valence-electron chi connectivity index (χ4n) is 4.45. The van der Waals surface area contributed by atoms with Crippen LogP contribution in [0.3, 0.4) is 0 Å². The van der Waals surface area contributed by atoms with Crippen LogP contribution in [0.15, 0.2) is 5.70 Å². The Labute approximate surface area is 172 Å². The molecule has 3 rings (SSSR count).